The Morgan fingerprint density at radius 3 is 2.47 bits per heavy atom. The standard InChI is InChI=1S/C24H18ClIN4O5S/c25-15-6-4-14(5-7-15)12-20(24(32)33)29-23(31)17-9-8-16(26)13-19(17)30-36(34,35)21-3-1-2-18-22(21)28-11-10-27-18/h1-11,13,20,30H,12H2,(H,29,31)(H,32,33). The number of sulfonamides is 1. The van der Waals surface area contributed by atoms with Gasteiger partial charge in [-0.3, -0.25) is 19.5 Å². The lowest BCUT2D eigenvalue weighted by Gasteiger charge is -2.17. The minimum absolute atomic E-state index is 0.00377. The molecule has 0 fully saturated rings. The highest BCUT2D eigenvalue weighted by Gasteiger charge is 2.25. The fourth-order valence-corrected chi connectivity index (χ4v) is 5.33. The average molecular weight is 637 g/mol. The normalized spacial score (nSPS) is 12.2. The van der Waals surface area contributed by atoms with Gasteiger partial charge in [-0.1, -0.05) is 29.8 Å². The number of fused-ring (bicyclic) bond motifs is 1. The van der Waals surface area contributed by atoms with Crippen LogP contribution in [0.3, 0.4) is 0 Å². The first-order chi connectivity index (χ1) is 17.1. The van der Waals surface area contributed by atoms with Gasteiger partial charge in [0, 0.05) is 27.4 Å². The number of anilines is 1. The summed E-state index contributed by atoms with van der Waals surface area (Å²) in [6.45, 7) is 0. The van der Waals surface area contributed by atoms with Crippen molar-refractivity contribution in [3.05, 3.63) is 92.8 Å². The van der Waals surface area contributed by atoms with Crippen LogP contribution in [-0.2, 0) is 21.2 Å². The second-order valence-corrected chi connectivity index (χ2v) is 11.0. The van der Waals surface area contributed by atoms with Crippen LogP contribution in [-0.4, -0.2) is 41.4 Å². The molecule has 9 nitrogen and oxygen atoms in total. The number of aliphatic carboxylic acids is 1. The Morgan fingerprint density at radius 1 is 1.03 bits per heavy atom. The van der Waals surface area contributed by atoms with Crippen molar-refractivity contribution in [1.82, 2.24) is 15.3 Å². The first-order valence-corrected chi connectivity index (χ1v) is 13.4. The minimum atomic E-state index is -4.17. The Hall–Kier alpha value is -3.29. The van der Waals surface area contributed by atoms with E-state index in [4.69, 9.17) is 11.6 Å². The zero-order chi connectivity index (χ0) is 25.9. The molecule has 1 aromatic heterocycles. The molecule has 3 aromatic carbocycles. The molecule has 0 saturated heterocycles. The van der Waals surface area contributed by atoms with Gasteiger partial charge in [-0.15, -0.1) is 0 Å². The van der Waals surface area contributed by atoms with Gasteiger partial charge in [0.25, 0.3) is 15.9 Å². The summed E-state index contributed by atoms with van der Waals surface area (Å²) in [6, 6.07) is 14.4. The first-order valence-electron chi connectivity index (χ1n) is 10.4. The summed E-state index contributed by atoms with van der Waals surface area (Å²) in [7, 11) is -4.17. The molecule has 4 aromatic rings. The third kappa shape index (κ3) is 5.91. The molecule has 1 heterocycles. The van der Waals surface area contributed by atoms with Crippen molar-refractivity contribution in [3.8, 4) is 0 Å². The molecule has 0 spiro atoms. The van der Waals surface area contributed by atoms with Gasteiger partial charge in [-0.2, -0.15) is 0 Å². The lowest BCUT2D eigenvalue weighted by Crippen LogP contribution is -2.42. The Balaban J connectivity index is 1.63. The number of carboxylic acid groups (broad SMARTS) is 1. The van der Waals surface area contributed by atoms with Crippen LogP contribution in [0.15, 0.2) is 78.0 Å². The van der Waals surface area contributed by atoms with Crippen molar-refractivity contribution in [2.45, 2.75) is 17.4 Å². The molecule has 0 aliphatic heterocycles. The maximum Gasteiger partial charge on any atom is 0.326 e. The highest BCUT2D eigenvalue weighted by molar-refractivity contribution is 14.1. The van der Waals surface area contributed by atoms with E-state index in [9.17, 15) is 23.1 Å². The van der Waals surface area contributed by atoms with Gasteiger partial charge >= 0.3 is 5.97 Å². The molecule has 0 bridgehead atoms. The molecule has 12 heteroatoms. The van der Waals surface area contributed by atoms with E-state index in [0.29, 0.717) is 19.7 Å². The Labute approximate surface area is 225 Å². The highest BCUT2D eigenvalue weighted by Crippen LogP contribution is 2.26. The van der Waals surface area contributed by atoms with Crippen molar-refractivity contribution in [1.29, 1.82) is 0 Å². The SMILES string of the molecule is O=C(NC(Cc1ccc(Cl)cc1)C(=O)O)c1ccc(I)cc1NS(=O)(=O)c1cccc2nccnc12. The van der Waals surface area contributed by atoms with E-state index in [1.807, 2.05) is 22.6 Å². The topological polar surface area (TPSA) is 138 Å². The van der Waals surface area contributed by atoms with Crippen molar-refractivity contribution in [3.63, 3.8) is 0 Å². The Morgan fingerprint density at radius 2 is 1.75 bits per heavy atom. The summed E-state index contributed by atoms with van der Waals surface area (Å²) >= 11 is 7.87. The van der Waals surface area contributed by atoms with E-state index < -0.39 is 27.9 Å². The summed E-state index contributed by atoms with van der Waals surface area (Å²) in [5, 5.41) is 12.6. The molecule has 0 saturated carbocycles. The number of amides is 1. The summed E-state index contributed by atoms with van der Waals surface area (Å²) < 4.78 is 29.7. The molecule has 0 radical (unpaired) electrons. The fraction of sp³-hybridized carbons (Fsp3) is 0.0833. The van der Waals surface area contributed by atoms with E-state index in [2.05, 4.69) is 20.0 Å². The van der Waals surface area contributed by atoms with Crippen LogP contribution in [0.2, 0.25) is 5.02 Å². The molecule has 1 amide bonds. The summed E-state index contributed by atoms with van der Waals surface area (Å²) in [6.07, 6.45) is 2.85. The number of benzene rings is 3. The molecule has 4 rings (SSSR count). The van der Waals surface area contributed by atoms with Crippen LogP contribution in [0, 0.1) is 3.57 Å². The molecule has 1 atom stereocenters. The number of carbonyl (C=O) groups excluding carboxylic acids is 1. The van der Waals surface area contributed by atoms with Gasteiger partial charge < -0.3 is 10.4 Å². The molecular formula is C24H18ClIN4O5S. The number of aromatic nitrogens is 2. The zero-order valence-electron chi connectivity index (χ0n) is 18.4. The number of rotatable bonds is 8. The Kier molecular flexibility index (Phi) is 7.71. The molecule has 184 valence electrons. The maximum atomic E-state index is 13.3. The van der Waals surface area contributed by atoms with Crippen molar-refractivity contribution >= 4 is 72.8 Å². The molecular weight excluding hydrogens is 619 g/mol. The predicted octanol–water partition coefficient (Wildman–Crippen LogP) is 4.11. The van der Waals surface area contributed by atoms with Crippen LogP contribution in [0.1, 0.15) is 15.9 Å². The van der Waals surface area contributed by atoms with Crippen molar-refractivity contribution < 1.29 is 23.1 Å². The van der Waals surface area contributed by atoms with Gasteiger partial charge in [0.2, 0.25) is 0 Å². The zero-order valence-corrected chi connectivity index (χ0v) is 22.1. The molecule has 1 unspecified atom stereocenters. The van der Waals surface area contributed by atoms with E-state index in [1.54, 1.807) is 42.5 Å². The minimum Gasteiger partial charge on any atom is -0.480 e. The monoisotopic (exact) mass is 636 g/mol. The van der Waals surface area contributed by atoms with Crippen LogP contribution in [0.5, 0.6) is 0 Å². The number of halogens is 2. The number of carboxylic acids is 1. The number of nitrogens with zero attached hydrogens (tertiary/aromatic N) is 2. The lowest BCUT2D eigenvalue weighted by molar-refractivity contribution is -0.139. The third-order valence-corrected chi connectivity index (χ3v) is 7.50. The molecule has 36 heavy (non-hydrogen) atoms. The first kappa shape index (κ1) is 25.8. The molecule has 0 aliphatic carbocycles. The second kappa shape index (κ2) is 10.8. The molecule has 3 N–H and O–H groups in total. The van der Waals surface area contributed by atoms with Gasteiger partial charge in [0.15, 0.2) is 0 Å². The van der Waals surface area contributed by atoms with Crippen molar-refractivity contribution in [2.75, 3.05) is 4.72 Å². The number of nitrogens with one attached hydrogen (secondary N) is 2. The van der Waals surface area contributed by atoms with Gasteiger partial charge in [-0.25, -0.2) is 13.2 Å². The van der Waals surface area contributed by atoms with E-state index in [0.717, 1.165) is 0 Å². The van der Waals surface area contributed by atoms with Crippen LogP contribution in [0.4, 0.5) is 5.69 Å². The highest BCUT2D eigenvalue weighted by atomic mass is 127. The number of carbonyl (C=O) groups is 2. The number of hydrogen-bond donors (Lipinski definition) is 3. The van der Waals surface area contributed by atoms with E-state index in [1.165, 1.54) is 30.6 Å². The largest absolute Gasteiger partial charge is 0.480 e. The second-order valence-electron chi connectivity index (χ2n) is 7.67. The maximum absolute atomic E-state index is 13.3. The summed E-state index contributed by atoms with van der Waals surface area (Å²) in [5.74, 6) is -1.98. The lowest BCUT2D eigenvalue weighted by atomic mass is 10.1. The van der Waals surface area contributed by atoms with Gasteiger partial charge in [0.1, 0.15) is 16.5 Å². The van der Waals surface area contributed by atoms with Crippen molar-refractivity contribution in [2.24, 2.45) is 0 Å². The predicted molar refractivity (Wildman–Crippen MR) is 144 cm³/mol. The average Bonchev–Trinajstić information content (AvgIpc) is 2.84. The van der Waals surface area contributed by atoms with Gasteiger partial charge in [0.05, 0.1) is 16.8 Å². The van der Waals surface area contributed by atoms with Crippen LogP contribution in [0.25, 0.3) is 11.0 Å². The molecule has 0 aliphatic rings. The van der Waals surface area contributed by atoms with Crippen LogP contribution >= 0.6 is 34.2 Å². The third-order valence-electron chi connectivity index (χ3n) is 5.18. The summed E-state index contributed by atoms with van der Waals surface area (Å²) in [5.41, 5.74) is 1.20. The van der Waals surface area contributed by atoms with E-state index in [-0.39, 0.29) is 28.1 Å². The number of para-hydroxylation sites is 1. The smallest absolute Gasteiger partial charge is 0.326 e. The fourth-order valence-electron chi connectivity index (χ4n) is 3.47. The van der Waals surface area contributed by atoms with Crippen LogP contribution < -0.4 is 10.0 Å². The Bertz CT molecular complexity index is 1560. The number of hydrogen-bond acceptors (Lipinski definition) is 6. The van der Waals surface area contributed by atoms with E-state index >= 15 is 0 Å². The summed E-state index contributed by atoms with van der Waals surface area (Å²) in [4.78, 5) is 33.1. The quantitative estimate of drug-likeness (QED) is 0.248. The van der Waals surface area contributed by atoms with Gasteiger partial charge in [-0.05, 0) is 70.6 Å².